The van der Waals surface area contributed by atoms with E-state index in [2.05, 4.69) is 25.9 Å². The van der Waals surface area contributed by atoms with Crippen molar-refractivity contribution < 1.29 is 4.39 Å². The molecule has 0 radical (unpaired) electrons. The monoisotopic (exact) mass is 221 g/mol. The number of anilines is 1. The molecule has 0 atom stereocenters. The average Bonchev–Trinajstić information content (AvgIpc) is 2.02. The van der Waals surface area contributed by atoms with Gasteiger partial charge in [0.1, 0.15) is 0 Å². The molecule has 0 fully saturated rings. The van der Waals surface area contributed by atoms with E-state index >= 15 is 0 Å². The Morgan fingerprint density at radius 2 is 2.09 bits per heavy atom. The van der Waals surface area contributed by atoms with Crippen LogP contribution in [0.3, 0.4) is 0 Å². The zero-order valence-corrected chi connectivity index (χ0v) is 7.89. The van der Waals surface area contributed by atoms with Crippen LogP contribution in [0.1, 0.15) is 13.8 Å². The average molecular weight is 222 g/mol. The van der Waals surface area contributed by atoms with Crippen LogP contribution < -0.4 is 5.73 Å². The first kappa shape index (κ1) is 10.3. The zero-order chi connectivity index (χ0) is 8.85. The molecule has 0 aliphatic rings. The molecule has 0 saturated carbocycles. The summed E-state index contributed by atoms with van der Waals surface area (Å²) in [6.45, 7) is 4.00. The molecule has 0 spiro atoms. The molecule has 0 unspecified atom stereocenters. The van der Waals surface area contributed by atoms with Gasteiger partial charge in [-0.1, -0.05) is 13.8 Å². The Balaban J connectivity index is 0.000000461. The fourth-order valence-corrected chi connectivity index (χ4v) is 0.651. The van der Waals surface area contributed by atoms with Crippen LogP contribution in [0.5, 0.6) is 0 Å². The molecular formula is C6H9BrFN3. The van der Waals surface area contributed by atoms with Gasteiger partial charge in [0.05, 0.1) is 6.20 Å². The van der Waals surface area contributed by atoms with Gasteiger partial charge >= 0.3 is 0 Å². The van der Waals surface area contributed by atoms with Crippen molar-refractivity contribution in [3.05, 3.63) is 16.7 Å². The smallest absolute Gasteiger partial charge is 0.198 e. The summed E-state index contributed by atoms with van der Waals surface area (Å²) in [5.74, 6) is -0.741. The molecule has 1 aromatic rings. The van der Waals surface area contributed by atoms with Crippen LogP contribution in [-0.2, 0) is 0 Å². The zero-order valence-electron chi connectivity index (χ0n) is 6.31. The van der Waals surface area contributed by atoms with E-state index in [0.29, 0.717) is 4.73 Å². The van der Waals surface area contributed by atoms with Gasteiger partial charge in [-0.3, -0.25) is 0 Å². The van der Waals surface area contributed by atoms with Crippen molar-refractivity contribution in [3.8, 4) is 0 Å². The Bertz CT molecular complexity index is 229. The highest BCUT2D eigenvalue weighted by molar-refractivity contribution is 9.10. The van der Waals surface area contributed by atoms with Crippen molar-refractivity contribution >= 4 is 21.7 Å². The van der Waals surface area contributed by atoms with Gasteiger partial charge in [-0.2, -0.15) is 0 Å². The third kappa shape index (κ3) is 3.27. The lowest BCUT2D eigenvalue weighted by Gasteiger charge is -1.92. The van der Waals surface area contributed by atoms with Gasteiger partial charge in [0, 0.05) is 0 Å². The second-order valence-corrected chi connectivity index (χ2v) is 2.08. The van der Waals surface area contributed by atoms with Gasteiger partial charge in [0.25, 0.3) is 0 Å². The number of rotatable bonds is 0. The molecule has 62 valence electrons. The van der Waals surface area contributed by atoms with Crippen molar-refractivity contribution in [3.63, 3.8) is 0 Å². The number of nitrogens with zero attached hydrogens (tertiary/aromatic N) is 2. The molecule has 5 heteroatoms. The summed E-state index contributed by atoms with van der Waals surface area (Å²) in [4.78, 5) is 6.97. The van der Waals surface area contributed by atoms with Gasteiger partial charge in [-0.15, -0.1) is 0 Å². The number of hydrogen-bond donors (Lipinski definition) is 1. The maximum absolute atomic E-state index is 12.2. The number of aromatic nitrogens is 2. The molecule has 0 bridgehead atoms. The van der Waals surface area contributed by atoms with Crippen LogP contribution in [0.15, 0.2) is 10.9 Å². The van der Waals surface area contributed by atoms with E-state index < -0.39 is 5.82 Å². The minimum absolute atomic E-state index is 0.142. The second kappa shape index (κ2) is 5.01. The predicted molar refractivity (Wildman–Crippen MR) is 45.5 cm³/mol. The largest absolute Gasteiger partial charge is 0.381 e. The molecule has 0 saturated heterocycles. The third-order valence-corrected chi connectivity index (χ3v) is 1.12. The van der Waals surface area contributed by atoms with E-state index in [-0.39, 0.29) is 5.82 Å². The Kier molecular flexibility index (Phi) is 4.69. The Labute approximate surface area is 73.0 Å². The molecule has 1 aromatic heterocycles. The standard InChI is InChI=1S/C4H3BrFN3.C2H6/c5-4-8-1-2(6)3(7)9-4;1-2/h1H,(H2,7,8,9);1-2H3. The number of hydrogen-bond acceptors (Lipinski definition) is 3. The molecule has 1 heterocycles. The maximum atomic E-state index is 12.2. The highest BCUT2D eigenvalue weighted by atomic mass is 79.9. The van der Waals surface area contributed by atoms with Gasteiger partial charge in [-0.25, -0.2) is 14.4 Å². The van der Waals surface area contributed by atoms with Crippen molar-refractivity contribution in [2.75, 3.05) is 5.73 Å². The summed E-state index contributed by atoms with van der Waals surface area (Å²) < 4.78 is 12.5. The van der Waals surface area contributed by atoms with Gasteiger partial charge in [0.15, 0.2) is 16.4 Å². The minimum Gasteiger partial charge on any atom is -0.381 e. The lowest BCUT2D eigenvalue weighted by Crippen LogP contribution is -1.96. The molecule has 0 amide bonds. The summed E-state index contributed by atoms with van der Waals surface area (Å²) in [6, 6.07) is 0. The van der Waals surface area contributed by atoms with E-state index in [4.69, 9.17) is 5.73 Å². The first-order chi connectivity index (χ1) is 5.20. The quantitative estimate of drug-likeness (QED) is 0.683. The number of halogens is 2. The van der Waals surface area contributed by atoms with E-state index in [1.807, 2.05) is 13.8 Å². The topological polar surface area (TPSA) is 51.8 Å². The SMILES string of the molecule is CC.Nc1nc(Br)ncc1F. The van der Waals surface area contributed by atoms with Gasteiger partial charge in [0.2, 0.25) is 0 Å². The lowest BCUT2D eigenvalue weighted by atomic mass is 10.6. The third-order valence-electron chi connectivity index (χ3n) is 0.742. The van der Waals surface area contributed by atoms with E-state index in [0.717, 1.165) is 6.20 Å². The Hall–Kier alpha value is -0.710. The molecule has 0 aliphatic heterocycles. The normalized spacial score (nSPS) is 8.36. The fourth-order valence-electron chi connectivity index (χ4n) is 0.358. The molecular weight excluding hydrogens is 213 g/mol. The summed E-state index contributed by atoms with van der Waals surface area (Å²) >= 11 is 2.93. The first-order valence-corrected chi connectivity index (χ1v) is 3.93. The predicted octanol–water partition coefficient (Wildman–Crippen LogP) is 1.99. The molecule has 1 rings (SSSR count). The van der Waals surface area contributed by atoms with Crippen LogP contribution in [0.2, 0.25) is 0 Å². The van der Waals surface area contributed by atoms with E-state index in [1.165, 1.54) is 0 Å². The van der Waals surface area contributed by atoms with Crippen LogP contribution in [0.4, 0.5) is 10.2 Å². The molecule has 2 N–H and O–H groups in total. The van der Waals surface area contributed by atoms with Crippen LogP contribution in [0.25, 0.3) is 0 Å². The highest BCUT2D eigenvalue weighted by Crippen LogP contribution is 2.07. The molecule has 3 nitrogen and oxygen atoms in total. The summed E-state index contributed by atoms with van der Waals surface area (Å²) in [6.07, 6.45) is 1.01. The van der Waals surface area contributed by atoms with E-state index in [1.54, 1.807) is 0 Å². The number of nitrogens with two attached hydrogens (primary N) is 1. The Morgan fingerprint density at radius 1 is 1.55 bits per heavy atom. The molecule has 11 heavy (non-hydrogen) atoms. The maximum Gasteiger partial charge on any atom is 0.198 e. The van der Waals surface area contributed by atoms with Gasteiger partial charge in [-0.05, 0) is 15.9 Å². The van der Waals surface area contributed by atoms with Crippen LogP contribution >= 0.6 is 15.9 Å². The number of nitrogen functional groups attached to an aromatic ring is 1. The van der Waals surface area contributed by atoms with Crippen molar-refractivity contribution in [2.45, 2.75) is 13.8 Å². The fraction of sp³-hybridized carbons (Fsp3) is 0.333. The lowest BCUT2D eigenvalue weighted by molar-refractivity contribution is 0.618. The van der Waals surface area contributed by atoms with Crippen LogP contribution in [-0.4, -0.2) is 9.97 Å². The van der Waals surface area contributed by atoms with Crippen LogP contribution in [0, 0.1) is 5.82 Å². The Morgan fingerprint density at radius 3 is 2.45 bits per heavy atom. The minimum atomic E-state index is -0.599. The van der Waals surface area contributed by atoms with Crippen molar-refractivity contribution in [1.82, 2.24) is 9.97 Å². The van der Waals surface area contributed by atoms with Crippen molar-refractivity contribution in [1.29, 1.82) is 0 Å². The molecule has 0 aliphatic carbocycles. The second-order valence-electron chi connectivity index (χ2n) is 1.37. The molecule has 0 aromatic carbocycles. The highest BCUT2D eigenvalue weighted by Gasteiger charge is 1.98. The summed E-state index contributed by atoms with van der Waals surface area (Å²) in [5, 5.41) is 0. The van der Waals surface area contributed by atoms with Gasteiger partial charge < -0.3 is 5.73 Å². The summed E-state index contributed by atoms with van der Waals surface area (Å²) in [7, 11) is 0. The first-order valence-electron chi connectivity index (χ1n) is 3.13. The van der Waals surface area contributed by atoms with Crippen molar-refractivity contribution in [2.24, 2.45) is 0 Å². The summed E-state index contributed by atoms with van der Waals surface area (Å²) in [5.41, 5.74) is 5.06. The van der Waals surface area contributed by atoms with E-state index in [9.17, 15) is 4.39 Å².